The number of hydrogen-bond acceptors (Lipinski definition) is 3. The van der Waals surface area contributed by atoms with E-state index >= 15 is 0 Å². The molecule has 0 aliphatic rings. The van der Waals surface area contributed by atoms with Gasteiger partial charge in [-0.25, -0.2) is 4.79 Å². The number of carbonyl (C=O) groups excluding carboxylic acids is 1. The number of aliphatic carboxylic acids is 1. The maximum atomic E-state index is 12.3. The molecule has 0 unspecified atom stereocenters. The van der Waals surface area contributed by atoms with Gasteiger partial charge < -0.3 is 15.3 Å². The zero-order chi connectivity index (χ0) is 16.0. The van der Waals surface area contributed by atoms with Crippen LogP contribution in [0.5, 0.6) is 0 Å². The SMILES string of the molecule is Cn1cc(CCNC(=O)N(CC(=O)O)CC(F)(F)F)cn1. The van der Waals surface area contributed by atoms with Crippen LogP contribution in [0.3, 0.4) is 0 Å². The molecule has 1 heterocycles. The van der Waals surface area contributed by atoms with E-state index in [1.54, 1.807) is 24.1 Å². The number of aromatic nitrogens is 2. The molecule has 2 amide bonds. The van der Waals surface area contributed by atoms with E-state index in [-0.39, 0.29) is 11.4 Å². The van der Waals surface area contributed by atoms with Crippen molar-refractivity contribution in [3.05, 3.63) is 18.0 Å². The third-order valence-corrected chi connectivity index (χ3v) is 2.43. The first-order chi connectivity index (χ1) is 9.67. The van der Waals surface area contributed by atoms with E-state index in [1.807, 2.05) is 0 Å². The smallest absolute Gasteiger partial charge is 0.406 e. The van der Waals surface area contributed by atoms with Crippen molar-refractivity contribution in [2.75, 3.05) is 19.6 Å². The van der Waals surface area contributed by atoms with Crippen molar-refractivity contribution in [1.29, 1.82) is 0 Å². The lowest BCUT2D eigenvalue weighted by molar-refractivity contribution is -0.148. The highest BCUT2D eigenvalue weighted by atomic mass is 19.4. The summed E-state index contributed by atoms with van der Waals surface area (Å²) in [7, 11) is 1.71. The van der Waals surface area contributed by atoms with Crippen molar-refractivity contribution in [3.8, 4) is 0 Å². The van der Waals surface area contributed by atoms with Crippen LogP contribution in [0.4, 0.5) is 18.0 Å². The van der Waals surface area contributed by atoms with Crippen LogP contribution in [0.2, 0.25) is 0 Å². The Labute approximate surface area is 118 Å². The Morgan fingerprint density at radius 2 is 2.14 bits per heavy atom. The Hall–Kier alpha value is -2.26. The summed E-state index contributed by atoms with van der Waals surface area (Å²) in [5.41, 5.74) is 0.804. The average molecular weight is 308 g/mol. The Morgan fingerprint density at radius 1 is 1.48 bits per heavy atom. The molecule has 1 aromatic rings. The monoisotopic (exact) mass is 308 g/mol. The number of aryl methyl sites for hydroxylation is 1. The highest BCUT2D eigenvalue weighted by Crippen LogP contribution is 2.16. The number of carboxylic acids is 1. The second kappa shape index (κ2) is 6.95. The largest absolute Gasteiger partial charge is 0.480 e. The van der Waals surface area contributed by atoms with Crippen LogP contribution in [0, 0.1) is 0 Å². The summed E-state index contributed by atoms with van der Waals surface area (Å²) in [5, 5.41) is 14.7. The molecule has 0 aromatic carbocycles. The van der Waals surface area contributed by atoms with Crippen molar-refractivity contribution in [2.45, 2.75) is 12.6 Å². The van der Waals surface area contributed by atoms with Gasteiger partial charge in [0.1, 0.15) is 13.1 Å². The molecule has 0 atom stereocenters. The average Bonchev–Trinajstić information content (AvgIpc) is 2.71. The second-order valence-electron chi connectivity index (χ2n) is 4.37. The van der Waals surface area contributed by atoms with E-state index in [2.05, 4.69) is 10.4 Å². The van der Waals surface area contributed by atoms with Crippen molar-refractivity contribution >= 4 is 12.0 Å². The van der Waals surface area contributed by atoms with Crippen molar-refractivity contribution < 1.29 is 27.9 Å². The number of hydrogen-bond donors (Lipinski definition) is 2. The van der Waals surface area contributed by atoms with Crippen LogP contribution < -0.4 is 5.32 Å². The molecule has 0 aliphatic carbocycles. The molecule has 0 aliphatic heterocycles. The number of alkyl halides is 3. The Kier molecular flexibility index (Phi) is 5.56. The number of amides is 2. The summed E-state index contributed by atoms with van der Waals surface area (Å²) in [6.45, 7) is -2.55. The highest BCUT2D eigenvalue weighted by Gasteiger charge is 2.33. The molecule has 0 saturated heterocycles. The molecule has 0 bridgehead atoms. The van der Waals surface area contributed by atoms with Crippen molar-refractivity contribution in [1.82, 2.24) is 20.0 Å². The molecular weight excluding hydrogens is 293 g/mol. The standard InChI is InChI=1S/C11H15F3N4O3/c1-17-5-8(4-16-17)2-3-15-10(21)18(6-9(19)20)7-11(12,13)14/h4-5H,2-3,6-7H2,1H3,(H,15,21)(H,19,20). The van der Waals surface area contributed by atoms with Crippen LogP contribution in [-0.2, 0) is 18.3 Å². The van der Waals surface area contributed by atoms with E-state index in [4.69, 9.17) is 5.11 Å². The molecule has 7 nitrogen and oxygen atoms in total. The van der Waals surface area contributed by atoms with E-state index in [0.29, 0.717) is 6.42 Å². The highest BCUT2D eigenvalue weighted by molar-refractivity contribution is 5.80. The number of carbonyl (C=O) groups is 2. The summed E-state index contributed by atoms with van der Waals surface area (Å²) in [6, 6.07) is -1.07. The molecular formula is C11H15F3N4O3. The molecule has 1 rings (SSSR count). The lowest BCUT2D eigenvalue weighted by Crippen LogP contribution is -2.47. The third-order valence-electron chi connectivity index (χ3n) is 2.43. The zero-order valence-corrected chi connectivity index (χ0v) is 11.2. The number of nitrogens with zero attached hydrogens (tertiary/aromatic N) is 3. The van der Waals surface area contributed by atoms with E-state index in [0.717, 1.165) is 5.56 Å². The molecule has 0 spiro atoms. The van der Waals surface area contributed by atoms with Crippen molar-refractivity contribution in [3.63, 3.8) is 0 Å². The Bertz CT molecular complexity index is 501. The first-order valence-electron chi connectivity index (χ1n) is 5.96. The van der Waals surface area contributed by atoms with Gasteiger partial charge >= 0.3 is 18.2 Å². The number of carboxylic acid groups (broad SMARTS) is 1. The minimum absolute atomic E-state index is 0.0818. The molecule has 21 heavy (non-hydrogen) atoms. The minimum Gasteiger partial charge on any atom is -0.480 e. The predicted octanol–water partition coefficient (Wildman–Crippen LogP) is 0.621. The van der Waals surface area contributed by atoms with Gasteiger partial charge in [-0.15, -0.1) is 0 Å². The third kappa shape index (κ3) is 6.63. The normalized spacial score (nSPS) is 11.2. The van der Waals surface area contributed by atoms with Gasteiger partial charge in [-0.3, -0.25) is 9.48 Å². The van der Waals surface area contributed by atoms with Gasteiger partial charge in [0.15, 0.2) is 0 Å². The maximum absolute atomic E-state index is 12.3. The summed E-state index contributed by atoms with van der Waals surface area (Å²) >= 11 is 0. The Balaban J connectivity index is 2.49. The van der Waals surface area contributed by atoms with Gasteiger partial charge in [-0.1, -0.05) is 0 Å². The minimum atomic E-state index is -4.66. The molecule has 0 fully saturated rings. The first kappa shape index (κ1) is 16.8. The summed E-state index contributed by atoms with van der Waals surface area (Å²) < 4.78 is 38.4. The maximum Gasteiger partial charge on any atom is 0.406 e. The van der Waals surface area contributed by atoms with E-state index < -0.39 is 31.3 Å². The molecule has 0 radical (unpaired) electrons. The summed E-state index contributed by atoms with van der Waals surface area (Å²) in [5.74, 6) is -1.51. The van der Waals surface area contributed by atoms with Crippen LogP contribution in [0.1, 0.15) is 5.56 Å². The van der Waals surface area contributed by atoms with Crippen LogP contribution in [0.25, 0.3) is 0 Å². The number of urea groups is 1. The van der Waals surface area contributed by atoms with E-state index in [9.17, 15) is 22.8 Å². The topological polar surface area (TPSA) is 87.5 Å². The fraction of sp³-hybridized carbons (Fsp3) is 0.545. The number of halogens is 3. The zero-order valence-electron chi connectivity index (χ0n) is 11.2. The fourth-order valence-electron chi connectivity index (χ4n) is 1.61. The van der Waals surface area contributed by atoms with Gasteiger partial charge in [0.2, 0.25) is 0 Å². The van der Waals surface area contributed by atoms with Crippen molar-refractivity contribution in [2.24, 2.45) is 7.05 Å². The van der Waals surface area contributed by atoms with Gasteiger partial charge in [-0.2, -0.15) is 18.3 Å². The predicted molar refractivity (Wildman–Crippen MR) is 65.6 cm³/mol. The van der Waals surface area contributed by atoms with Crippen LogP contribution >= 0.6 is 0 Å². The number of nitrogens with one attached hydrogen (secondary N) is 1. The number of rotatable bonds is 6. The molecule has 2 N–H and O–H groups in total. The molecule has 1 aromatic heterocycles. The van der Waals surface area contributed by atoms with Gasteiger partial charge in [0, 0.05) is 19.8 Å². The summed E-state index contributed by atoms with van der Waals surface area (Å²) in [4.78, 5) is 22.3. The van der Waals surface area contributed by atoms with Gasteiger partial charge in [-0.05, 0) is 12.0 Å². The van der Waals surface area contributed by atoms with Gasteiger partial charge in [0.05, 0.1) is 6.20 Å². The fourth-order valence-corrected chi connectivity index (χ4v) is 1.61. The van der Waals surface area contributed by atoms with Crippen LogP contribution in [-0.4, -0.2) is 57.6 Å². The molecule has 0 saturated carbocycles. The lowest BCUT2D eigenvalue weighted by Gasteiger charge is -2.22. The van der Waals surface area contributed by atoms with Crippen LogP contribution in [0.15, 0.2) is 12.4 Å². The van der Waals surface area contributed by atoms with E-state index in [1.165, 1.54) is 0 Å². The second-order valence-corrected chi connectivity index (χ2v) is 4.37. The summed E-state index contributed by atoms with van der Waals surface area (Å²) in [6.07, 6.45) is -1.00. The lowest BCUT2D eigenvalue weighted by atomic mass is 10.2. The quantitative estimate of drug-likeness (QED) is 0.806. The Morgan fingerprint density at radius 3 is 2.62 bits per heavy atom. The van der Waals surface area contributed by atoms with Gasteiger partial charge in [0.25, 0.3) is 0 Å². The first-order valence-corrected chi connectivity index (χ1v) is 5.96. The molecule has 118 valence electrons. The molecule has 10 heteroatoms.